The average molecular weight is 745 g/mol. The van der Waals surface area contributed by atoms with Crippen LogP contribution >= 0.6 is 25.3 Å². The molecule has 0 saturated heterocycles. The van der Waals surface area contributed by atoms with Gasteiger partial charge in [0.1, 0.15) is 0 Å². The van der Waals surface area contributed by atoms with Gasteiger partial charge in [0.15, 0.2) is 0 Å². The maximum absolute atomic E-state index is 4.61. The summed E-state index contributed by atoms with van der Waals surface area (Å²) in [6.07, 6.45) is 2.44. The van der Waals surface area contributed by atoms with E-state index in [-0.39, 0.29) is 15.8 Å². The summed E-state index contributed by atoms with van der Waals surface area (Å²) in [5.41, 5.74) is 0. The Morgan fingerprint density at radius 2 is 0.658 bits per heavy atom. The molecule has 38 heavy (non-hydrogen) atoms. The van der Waals surface area contributed by atoms with Crippen molar-refractivity contribution < 1.29 is 18.8 Å². The Bertz CT molecular complexity index is 931. The van der Waals surface area contributed by atoms with E-state index in [1.165, 1.54) is 33.5 Å². The van der Waals surface area contributed by atoms with Gasteiger partial charge in [-0.2, -0.15) is 0 Å². The quantitative estimate of drug-likeness (QED) is 0.183. The van der Waals surface area contributed by atoms with Crippen molar-refractivity contribution in [3.63, 3.8) is 0 Å². The molecule has 0 amide bonds. The molecule has 0 aliphatic heterocycles. The summed E-state index contributed by atoms with van der Waals surface area (Å²) < 4.78 is 0. The molecule has 0 aliphatic rings. The first kappa shape index (κ1) is 32.8. The molecule has 6 heteroatoms. The minimum atomic E-state index is -0.225. The fraction of sp³-hybridized carbons (Fsp3) is 0.250. The zero-order valence-electron chi connectivity index (χ0n) is 22.9. The number of hydrogen-bond donors (Lipinski definition) is 0. The van der Waals surface area contributed by atoms with Crippen molar-refractivity contribution in [2.75, 3.05) is 53.6 Å². The van der Waals surface area contributed by atoms with Gasteiger partial charge in [-0.15, -0.1) is 0 Å². The molecule has 0 unspecified atom stereocenters. The Kier molecular flexibility index (Phi) is 17.0. The van der Waals surface area contributed by atoms with E-state index in [9.17, 15) is 0 Å². The summed E-state index contributed by atoms with van der Waals surface area (Å²) in [7, 11) is 12.7. The summed E-state index contributed by atoms with van der Waals surface area (Å²) in [5.74, 6) is 0. The van der Waals surface area contributed by atoms with E-state index < -0.39 is 0 Å². The third-order valence-electron chi connectivity index (χ3n) is 5.81. The Labute approximate surface area is 248 Å². The molecular formula is C32H40ClN2P2Pt+. The SMILES string of the molecule is CN(C)CCP(c1ccccc1)c1ccccc1.CN(C)CCP(c1ccccc1)c1ccccc1.[Cl][Pt+]. The molecule has 0 atom stereocenters. The predicted octanol–water partition coefficient (Wildman–Crippen LogP) is 6.05. The van der Waals surface area contributed by atoms with Crippen LogP contribution in [0.2, 0.25) is 0 Å². The summed E-state index contributed by atoms with van der Waals surface area (Å²) in [6.45, 7) is 2.27. The second-order valence-corrected chi connectivity index (χ2v) is 13.9. The van der Waals surface area contributed by atoms with Gasteiger partial charge in [0, 0.05) is 13.1 Å². The summed E-state index contributed by atoms with van der Waals surface area (Å²) in [5, 5.41) is 5.89. The van der Waals surface area contributed by atoms with Crippen LogP contribution in [0.4, 0.5) is 0 Å². The molecule has 4 aromatic carbocycles. The number of nitrogens with zero attached hydrogens (tertiary/aromatic N) is 2. The molecule has 204 valence electrons. The Morgan fingerprint density at radius 1 is 0.447 bits per heavy atom. The molecule has 0 saturated carbocycles. The maximum atomic E-state index is 4.61. The molecular weight excluding hydrogens is 705 g/mol. The van der Waals surface area contributed by atoms with Crippen LogP contribution in [-0.4, -0.2) is 63.4 Å². The monoisotopic (exact) mass is 744 g/mol. The topological polar surface area (TPSA) is 6.48 Å². The van der Waals surface area contributed by atoms with E-state index in [1.807, 2.05) is 0 Å². The van der Waals surface area contributed by atoms with Gasteiger partial charge in [-0.25, -0.2) is 0 Å². The first-order valence-electron chi connectivity index (χ1n) is 12.7. The summed E-state index contributed by atoms with van der Waals surface area (Å²) in [4.78, 5) is 4.53. The van der Waals surface area contributed by atoms with Gasteiger partial charge in [0.25, 0.3) is 0 Å². The second-order valence-electron chi connectivity index (χ2n) is 9.25. The predicted molar refractivity (Wildman–Crippen MR) is 171 cm³/mol. The van der Waals surface area contributed by atoms with E-state index in [1.54, 1.807) is 18.8 Å². The van der Waals surface area contributed by atoms with E-state index >= 15 is 0 Å². The molecule has 0 heterocycles. The molecule has 2 nitrogen and oxygen atoms in total. The van der Waals surface area contributed by atoms with Crippen LogP contribution in [0.25, 0.3) is 0 Å². The molecule has 4 rings (SSSR count). The molecule has 0 bridgehead atoms. The number of rotatable bonds is 10. The Morgan fingerprint density at radius 3 is 0.842 bits per heavy atom. The van der Waals surface area contributed by atoms with Crippen molar-refractivity contribution in [2.45, 2.75) is 0 Å². The Balaban J connectivity index is 0.000000251. The van der Waals surface area contributed by atoms with E-state index in [0.717, 1.165) is 13.1 Å². The van der Waals surface area contributed by atoms with Crippen molar-refractivity contribution in [1.29, 1.82) is 0 Å². The van der Waals surface area contributed by atoms with Gasteiger partial charge in [-0.3, -0.25) is 0 Å². The molecule has 0 fully saturated rings. The molecule has 0 aromatic heterocycles. The van der Waals surface area contributed by atoms with Crippen LogP contribution in [0, 0.1) is 0 Å². The molecule has 0 N–H and O–H groups in total. The number of hydrogen-bond acceptors (Lipinski definition) is 2. The molecule has 4 aromatic rings. The minimum absolute atomic E-state index is 0.225. The third-order valence-corrected chi connectivity index (χ3v) is 10.8. The summed E-state index contributed by atoms with van der Waals surface area (Å²) in [6, 6.07) is 43.6. The van der Waals surface area contributed by atoms with Gasteiger partial charge in [-0.05, 0) is 77.6 Å². The van der Waals surface area contributed by atoms with E-state index in [0.29, 0.717) is 0 Å². The van der Waals surface area contributed by atoms with E-state index in [4.69, 9.17) is 0 Å². The van der Waals surface area contributed by atoms with Gasteiger partial charge in [0.2, 0.25) is 0 Å². The van der Waals surface area contributed by atoms with Crippen LogP contribution in [0.1, 0.15) is 0 Å². The molecule has 0 aliphatic carbocycles. The third kappa shape index (κ3) is 12.2. The fourth-order valence-electron chi connectivity index (χ4n) is 3.85. The van der Waals surface area contributed by atoms with Gasteiger partial charge >= 0.3 is 28.2 Å². The van der Waals surface area contributed by atoms with Gasteiger partial charge in [0.05, 0.1) is 0 Å². The van der Waals surface area contributed by atoms with Crippen LogP contribution < -0.4 is 21.2 Å². The van der Waals surface area contributed by atoms with Crippen molar-refractivity contribution in [3.8, 4) is 0 Å². The Hall–Kier alpha value is -1.36. The first-order chi connectivity index (χ1) is 18.5. The van der Waals surface area contributed by atoms with Gasteiger partial charge in [-0.1, -0.05) is 121 Å². The second kappa shape index (κ2) is 19.7. The standard InChI is InChI=1S/2C16H20NP.ClH.Pt/c2*1-17(2)13-14-18(15-9-5-3-6-10-15)16-11-7-4-8-12-16;;/h2*3-12H,13-14H2,1-2H3;1H;/q;;;+2/p-1. The average Bonchev–Trinajstić information content (AvgIpc) is 2.97. The van der Waals surface area contributed by atoms with Crippen molar-refractivity contribution in [2.24, 2.45) is 0 Å². The van der Waals surface area contributed by atoms with Crippen LogP contribution in [0.15, 0.2) is 121 Å². The zero-order chi connectivity index (χ0) is 27.6. The van der Waals surface area contributed by atoms with Crippen LogP contribution in [0.3, 0.4) is 0 Å². The normalized spacial score (nSPS) is 10.7. The number of benzene rings is 4. The molecule has 0 radical (unpaired) electrons. The van der Waals surface area contributed by atoms with Crippen LogP contribution in [0.5, 0.6) is 0 Å². The fourth-order valence-corrected chi connectivity index (χ4v) is 8.80. The van der Waals surface area contributed by atoms with Crippen molar-refractivity contribution >= 4 is 46.5 Å². The van der Waals surface area contributed by atoms with Gasteiger partial charge < -0.3 is 9.80 Å². The molecule has 0 spiro atoms. The zero-order valence-corrected chi connectivity index (χ0v) is 27.7. The first-order valence-corrected chi connectivity index (χ1v) is 18.6. The van der Waals surface area contributed by atoms with Crippen LogP contribution in [-0.2, 0) is 18.8 Å². The van der Waals surface area contributed by atoms with E-state index in [2.05, 4.69) is 169 Å². The van der Waals surface area contributed by atoms with Crippen molar-refractivity contribution in [3.05, 3.63) is 121 Å². The number of halogens is 1. The van der Waals surface area contributed by atoms with Crippen molar-refractivity contribution in [1.82, 2.24) is 9.80 Å². The summed E-state index contributed by atoms with van der Waals surface area (Å²) >= 11 is 1.61.